The minimum Gasteiger partial charge on any atom is -0.480 e. The fraction of sp³-hybridized carbons (Fsp3) is 0.833. The van der Waals surface area contributed by atoms with Crippen LogP contribution < -0.4 is 10.6 Å². The second kappa shape index (κ2) is 7.51. The van der Waals surface area contributed by atoms with Crippen molar-refractivity contribution in [3.63, 3.8) is 0 Å². The van der Waals surface area contributed by atoms with Gasteiger partial charge in [-0.15, -0.1) is 0 Å². The number of urea groups is 1. The van der Waals surface area contributed by atoms with E-state index in [4.69, 9.17) is 5.11 Å². The lowest BCUT2D eigenvalue weighted by Crippen LogP contribution is -2.47. The van der Waals surface area contributed by atoms with Crippen LogP contribution in [-0.2, 0) is 4.79 Å². The summed E-state index contributed by atoms with van der Waals surface area (Å²) in [6.45, 7) is 4.49. The van der Waals surface area contributed by atoms with Gasteiger partial charge in [-0.25, -0.2) is 9.59 Å². The molecule has 2 atom stereocenters. The first-order valence-electron chi connectivity index (χ1n) is 6.37. The van der Waals surface area contributed by atoms with Gasteiger partial charge in [-0.1, -0.05) is 13.8 Å². The molecule has 0 spiro atoms. The lowest BCUT2D eigenvalue weighted by molar-refractivity contribution is -0.139. The molecule has 1 aliphatic heterocycles. The van der Waals surface area contributed by atoms with Gasteiger partial charge in [-0.05, 0) is 30.9 Å². The summed E-state index contributed by atoms with van der Waals surface area (Å²) in [5, 5.41) is 14.7. The number of hydrogen-bond acceptors (Lipinski definition) is 3. The molecular weight excluding hydrogens is 252 g/mol. The smallest absolute Gasteiger partial charge is 0.326 e. The van der Waals surface area contributed by atoms with Gasteiger partial charge in [0.25, 0.3) is 0 Å². The highest BCUT2D eigenvalue weighted by Gasteiger charge is 2.22. The molecule has 18 heavy (non-hydrogen) atoms. The van der Waals surface area contributed by atoms with Crippen molar-refractivity contribution in [1.82, 2.24) is 10.6 Å². The summed E-state index contributed by atoms with van der Waals surface area (Å²) < 4.78 is 0. The van der Waals surface area contributed by atoms with Gasteiger partial charge in [-0.2, -0.15) is 11.8 Å². The van der Waals surface area contributed by atoms with Crippen LogP contribution in [0.15, 0.2) is 0 Å². The normalized spacial score (nSPS) is 20.7. The highest BCUT2D eigenvalue weighted by Crippen LogP contribution is 2.25. The SMILES string of the molecule is CC(C)CC(NC(=O)NCC1CCCS1)C(=O)O. The van der Waals surface area contributed by atoms with Crippen LogP contribution in [0, 0.1) is 5.92 Å². The third-order valence-electron chi connectivity index (χ3n) is 2.82. The predicted molar refractivity (Wildman–Crippen MR) is 72.9 cm³/mol. The van der Waals surface area contributed by atoms with Crippen molar-refractivity contribution in [2.45, 2.75) is 44.4 Å². The summed E-state index contributed by atoms with van der Waals surface area (Å²) in [6, 6.07) is -1.18. The fourth-order valence-corrected chi connectivity index (χ4v) is 3.12. The van der Waals surface area contributed by atoms with Crippen LogP contribution in [0.1, 0.15) is 33.1 Å². The lowest BCUT2D eigenvalue weighted by atomic mass is 10.0. The third-order valence-corrected chi connectivity index (χ3v) is 4.22. The van der Waals surface area contributed by atoms with Gasteiger partial charge in [0.1, 0.15) is 6.04 Å². The zero-order valence-electron chi connectivity index (χ0n) is 10.9. The van der Waals surface area contributed by atoms with Crippen LogP contribution in [0.5, 0.6) is 0 Å². The Balaban J connectivity index is 2.29. The summed E-state index contributed by atoms with van der Waals surface area (Å²) >= 11 is 1.86. The van der Waals surface area contributed by atoms with Crippen LogP contribution in [-0.4, -0.2) is 40.7 Å². The Labute approximate surface area is 112 Å². The monoisotopic (exact) mass is 274 g/mol. The van der Waals surface area contributed by atoms with Gasteiger partial charge in [0.2, 0.25) is 0 Å². The van der Waals surface area contributed by atoms with Crippen molar-refractivity contribution in [2.75, 3.05) is 12.3 Å². The average Bonchev–Trinajstić information content (AvgIpc) is 2.77. The Hall–Kier alpha value is -0.910. The molecule has 0 bridgehead atoms. The first kappa shape index (κ1) is 15.1. The minimum atomic E-state index is -0.978. The summed E-state index contributed by atoms with van der Waals surface area (Å²) in [5.41, 5.74) is 0. The van der Waals surface area contributed by atoms with Gasteiger partial charge in [-0.3, -0.25) is 0 Å². The van der Waals surface area contributed by atoms with Crippen molar-refractivity contribution < 1.29 is 14.7 Å². The molecule has 2 unspecified atom stereocenters. The number of carboxylic acid groups (broad SMARTS) is 1. The molecular formula is C12H22N2O3S. The van der Waals surface area contributed by atoms with E-state index < -0.39 is 12.0 Å². The number of hydrogen-bond donors (Lipinski definition) is 3. The van der Waals surface area contributed by atoms with Gasteiger partial charge in [0, 0.05) is 11.8 Å². The zero-order chi connectivity index (χ0) is 13.5. The molecule has 1 saturated heterocycles. The number of aliphatic carboxylic acids is 1. The zero-order valence-corrected chi connectivity index (χ0v) is 11.8. The lowest BCUT2D eigenvalue weighted by Gasteiger charge is -2.17. The predicted octanol–water partition coefficient (Wildman–Crippen LogP) is 1.68. The summed E-state index contributed by atoms with van der Waals surface area (Å²) in [7, 11) is 0. The number of carbonyl (C=O) groups excluding carboxylic acids is 1. The molecule has 0 aromatic heterocycles. The Bertz CT molecular complexity index is 291. The molecule has 3 N–H and O–H groups in total. The number of rotatable bonds is 6. The largest absolute Gasteiger partial charge is 0.480 e. The van der Waals surface area contributed by atoms with Gasteiger partial charge in [0.15, 0.2) is 0 Å². The van der Waals surface area contributed by atoms with E-state index >= 15 is 0 Å². The Morgan fingerprint density at radius 2 is 2.17 bits per heavy atom. The van der Waals surface area contributed by atoms with E-state index in [2.05, 4.69) is 10.6 Å². The van der Waals surface area contributed by atoms with Crippen molar-refractivity contribution in [3.8, 4) is 0 Å². The maximum atomic E-state index is 11.6. The molecule has 2 amide bonds. The molecule has 0 radical (unpaired) electrons. The molecule has 6 heteroatoms. The topological polar surface area (TPSA) is 78.4 Å². The van der Waals surface area contributed by atoms with Crippen molar-refractivity contribution in [3.05, 3.63) is 0 Å². The third kappa shape index (κ3) is 5.62. The van der Waals surface area contributed by atoms with Crippen molar-refractivity contribution in [1.29, 1.82) is 0 Å². The summed E-state index contributed by atoms with van der Waals surface area (Å²) in [4.78, 5) is 22.6. The van der Waals surface area contributed by atoms with Crippen LogP contribution in [0.3, 0.4) is 0 Å². The molecule has 5 nitrogen and oxygen atoms in total. The number of thioether (sulfide) groups is 1. The molecule has 0 aromatic rings. The number of amides is 2. The highest BCUT2D eigenvalue weighted by molar-refractivity contribution is 8.00. The van der Waals surface area contributed by atoms with E-state index in [0.717, 1.165) is 12.2 Å². The van der Waals surface area contributed by atoms with E-state index in [1.165, 1.54) is 6.42 Å². The van der Waals surface area contributed by atoms with E-state index in [1.807, 2.05) is 25.6 Å². The second-order valence-corrected chi connectivity index (χ2v) is 6.42. The van der Waals surface area contributed by atoms with E-state index in [1.54, 1.807) is 0 Å². The van der Waals surface area contributed by atoms with Crippen molar-refractivity contribution in [2.24, 2.45) is 5.92 Å². The fourth-order valence-electron chi connectivity index (χ4n) is 1.91. The maximum Gasteiger partial charge on any atom is 0.326 e. The van der Waals surface area contributed by atoms with Crippen LogP contribution in [0.25, 0.3) is 0 Å². The Kier molecular flexibility index (Phi) is 6.32. The van der Waals surface area contributed by atoms with E-state index in [-0.39, 0.29) is 11.9 Å². The number of carbonyl (C=O) groups is 2. The summed E-state index contributed by atoms with van der Waals surface area (Å²) in [6.07, 6.45) is 2.77. The van der Waals surface area contributed by atoms with Crippen LogP contribution in [0.4, 0.5) is 4.79 Å². The van der Waals surface area contributed by atoms with Gasteiger partial charge in [0.05, 0.1) is 0 Å². The average molecular weight is 274 g/mol. The van der Waals surface area contributed by atoms with E-state index in [9.17, 15) is 9.59 Å². The Morgan fingerprint density at radius 3 is 2.67 bits per heavy atom. The quantitative estimate of drug-likeness (QED) is 0.688. The molecule has 0 saturated carbocycles. The molecule has 0 aromatic carbocycles. The van der Waals surface area contributed by atoms with Crippen molar-refractivity contribution >= 4 is 23.8 Å². The van der Waals surface area contributed by atoms with Gasteiger partial charge >= 0.3 is 12.0 Å². The van der Waals surface area contributed by atoms with Crippen LogP contribution >= 0.6 is 11.8 Å². The molecule has 1 fully saturated rings. The molecule has 0 aliphatic carbocycles. The van der Waals surface area contributed by atoms with Crippen LogP contribution in [0.2, 0.25) is 0 Å². The maximum absolute atomic E-state index is 11.6. The first-order valence-corrected chi connectivity index (χ1v) is 7.42. The van der Waals surface area contributed by atoms with E-state index in [0.29, 0.717) is 18.2 Å². The molecule has 1 heterocycles. The first-order chi connectivity index (χ1) is 8.49. The van der Waals surface area contributed by atoms with Gasteiger partial charge < -0.3 is 15.7 Å². The number of nitrogens with one attached hydrogen (secondary N) is 2. The number of carboxylic acids is 1. The Morgan fingerprint density at radius 1 is 1.44 bits per heavy atom. The molecule has 1 rings (SSSR count). The standard InChI is InChI=1S/C12H22N2O3S/c1-8(2)6-10(11(15)16)14-12(17)13-7-9-4-3-5-18-9/h8-10H,3-7H2,1-2H3,(H,15,16)(H2,13,14,17). The second-order valence-electron chi connectivity index (χ2n) is 5.01. The highest BCUT2D eigenvalue weighted by atomic mass is 32.2. The summed E-state index contributed by atoms with van der Waals surface area (Å²) in [5.74, 6) is 0.407. The molecule has 1 aliphatic rings. The molecule has 104 valence electrons. The minimum absolute atomic E-state index is 0.233.